The van der Waals surface area contributed by atoms with Crippen molar-refractivity contribution in [3.8, 4) is 11.5 Å². The summed E-state index contributed by atoms with van der Waals surface area (Å²) >= 11 is 0. The normalized spacial score (nSPS) is 34.3. The van der Waals surface area contributed by atoms with Gasteiger partial charge in [0.15, 0.2) is 17.3 Å². The van der Waals surface area contributed by atoms with Gasteiger partial charge in [-0.1, -0.05) is 6.08 Å². The summed E-state index contributed by atoms with van der Waals surface area (Å²) in [7, 11) is 1.50. The smallest absolute Gasteiger partial charge is 0.181 e. The molecule has 120 valence electrons. The molecule has 6 heteroatoms. The first-order valence-corrected chi connectivity index (χ1v) is 7.29. The lowest BCUT2D eigenvalue weighted by atomic mass is 9.58. The third-order valence-corrected chi connectivity index (χ3v) is 4.95. The van der Waals surface area contributed by atoms with Crippen LogP contribution in [-0.2, 0) is 26.1 Å². The highest BCUT2D eigenvalue weighted by molar-refractivity contribution is 6.01. The largest absolute Gasteiger partial charge is 0.504 e. The molecule has 0 aromatic heterocycles. The monoisotopic (exact) mass is 316 g/mol. The summed E-state index contributed by atoms with van der Waals surface area (Å²) < 4.78 is 11.3. The summed E-state index contributed by atoms with van der Waals surface area (Å²) in [5.41, 5.74) is -0.968. The summed E-state index contributed by atoms with van der Waals surface area (Å²) in [5.74, 6) is -0.345. The van der Waals surface area contributed by atoms with Crippen LogP contribution in [0.5, 0.6) is 11.5 Å². The Kier molecular flexibility index (Phi) is 2.71. The van der Waals surface area contributed by atoms with Gasteiger partial charge in [0, 0.05) is 19.6 Å². The molecule has 4 rings (SSSR count). The van der Waals surface area contributed by atoms with Crippen LogP contribution in [0, 0.1) is 0 Å². The van der Waals surface area contributed by atoms with Crippen molar-refractivity contribution >= 4 is 5.78 Å². The Morgan fingerprint density at radius 2 is 2.04 bits per heavy atom. The molecule has 0 amide bonds. The van der Waals surface area contributed by atoms with E-state index in [-0.39, 0.29) is 30.3 Å². The van der Waals surface area contributed by atoms with Gasteiger partial charge in [-0.2, -0.15) is 0 Å². The summed E-state index contributed by atoms with van der Waals surface area (Å²) in [6, 6.07) is 2.88. The van der Waals surface area contributed by atoms with Crippen molar-refractivity contribution in [3.05, 3.63) is 47.2 Å². The van der Waals surface area contributed by atoms with Gasteiger partial charge in [0.1, 0.15) is 29.5 Å². The van der Waals surface area contributed by atoms with Gasteiger partial charge in [-0.15, -0.1) is 0 Å². The van der Waals surface area contributed by atoms with Crippen LogP contribution in [0.1, 0.15) is 11.1 Å². The van der Waals surface area contributed by atoms with E-state index in [4.69, 9.17) is 9.47 Å². The zero-order chi connectivity index (χ0) is 16.4. The van der Waals surface area contributed by atoms with Crippen molar-refractivity contribution in [2.24, 2.45) is 0 Å². The number of aliphatic hydroxyl groups is 1. The van der Waals surface area contributed by atoms with E-state index >= 15 is 0 Å². The molecular formula is C17H16O6. The first kappa shape index (κ1) is 14.3. The minimum absolute atomic E-state index is 0.0126. The quantitative estimate of drug-likeness (QED) is 0.660. The molecule has 6 nitrogen and oxygen atoms in total. The second kappa shape index (κ2) is 4.37. The fraction of sp³-hybridized carbons (Fsp3) is 0.353. The lowest BCUT2D eigenvalue weighted by Crippen LogP contribution is -2.66. The fourth-order valence-electron chi connectivity index (χ4n) is 4.07. The van der Waals surface area contributed by atoms with Gasteiger partial charge in [-0.25, -0.2) is 0 Å². The highest BCUT2D eigenvalue weighted by Gasteiger charge is 2.62. The van der Waals surface area contributed by atoms with Crippen LogP contribution in [0.4, 0.5) is 0 Å². The molecule has 1 saturated heterocycles. The second-order valence-corrected chi connectivity index (χ2v) is 6.30. The molecule has 1 aliphatic heterocycles. The summed E-state index contributed by atoms with van der Waals surface area (Å²) in [6.07, 6.45) is 3.98. The summed E-state index contributed by atoms with van der Waals surface area (Å²) in [4.78, 5) is 11.7. The van der Waals surface area contributed by atoms with Crippen molar-refractivity contribution in [2.75, 3.05) is 13.7 Å². The van der Waals surface area contributed by atoms with E-state index < -0.39 is 17.1 Å². The van der Waals surface area contributed by atoms with Gasteiger partial charge in [0.2, 0.25) is 0 Å². The predicted octanol–water partition coefficient (Wildman–Crippen LogP) is 0.691. The third kappa shape index (κ3) is 1.67. The van der Waals surface area contributed by atoms with Crippen LogP contribution in [0.15, 0.2) is 36.1 Å². The van der Waals surface area contributed by atoms with E-state index in [1.54, 1.807) is 6.08 Å². The standard InChI is InChI=1S/C17H16O6/c1-22-15-16(21)7-9-4-12(19)13(20)6-11(9)17(15)3-2-10(18)5-14(17)23-8-16/h2-6,15,19-21H,7-8H2,1H3/t15-,16+,17+/m1/s1. The number of benzene rings is 1. The molecule has 0 radical (unpaired) electrons. The van der Waals surface area contributed by atoms with Gasteiger partial charge in [-0.3, -0.25) is 4.79 Å². The number of ketones is 1. The number of carbonyl (C=O) groups is 1. The number of ether oxygens (including phenoxy) is 2. The van der Waals surface area contributed by atoms with Gasteiger partial charge in [-0.05, 0) is 29.3 Å². The number of phenols is 2. The van der Waals surface area contributed by atoms with Crippen LogP contribution < -0.4 is 0 Å². The summed E-state index contributed by atoms with van der Waals surface area (Å²) in [5, 5.41) is 30.8. The van der Waals surface area contributed by atoms with Crippen LogP contribution >= 0.6 is 0 Å². The minimum atomic E-state index is -1.30. The average molecular weight is 316 g/mol. The Hall–Kier alpha value is -2.31. The van der Waals surface area contributed by atoms with Crippen molar-refractivity contribution in [2.45, 2.75) is 23.5 Å². The molecule has 2 bridgehead atoms. The summed E-state index contributed by atoms with van der Waals surface area (Å²) in [6.45, 7) is -0.0126. The van der Waals surface area contributed by atoms with E-state index in [0.717, 1.165) is 0 Å². The number of phenolic OH excluding ortho intramolecular Hbond substituents is 2. The molecule has 3 atom stereocenters. The molecule has 23 heavy (non-hydrogen) atoms. The van der Waals surface area contributed by atoms with Gasteiger partial charge >= 0.3 is 0 Å². The number of fused-ring (bicyclic) bond motifs is 2. The predicted molar refractivity (Wildman–Crippen MR) is 79.1 cm³/mol. The van der Waals surface area contributed by atoms with Gasteiger partial charge < -0.3 is 24.8 Å². The molecule has 1 aromatic carbocycles. The molecule has 1 spiro atoms. The van der Waals surface area contributed by atoms with E-state index in [1.807, 2.05) is 0 Å². The molecule has 0 unspecified atom stereocenters. The Morgan fingerprint density at radius 1 is 1.30 bits per heavy atom. The van der Waals surface area contributed by atoms with E-state index in [2.05, 4.69) is 0 Å². The number of rotatable bonds is 1. The third-order valence-electron chi connectivity index (χ3n) is 4.95. The number of methoxy groups -OCH3 is 1. The number of hydrogen-bond donors (Lipinski definition) is 3. The fourth-order valence-corrected chi connectivity index (χ4v) is 4.07. The Balaban J connectivity index is 2.06. The molecule has 1 aromatic rings. The zero-order valence-electron chi connectivity index (χ0n) is 12.4. The topological polar surface area (TPSA) is 96.2 Å². The van der Waals surface area contributed by atoms with Gasteiger partial charge in [0.25, 0.3) is 0 Å². The Labute approximate surface area is 132 Å². The number of aromatic hydroxyl groups is 2. The lowest BCUT2D eigenvalue weighted by molar-refractivity contribution is -0.182. The van der Waals surface area contributed by atoms with Crippen molar-refractivity contribution in [1.82, 2.24) is 0 Å². The zero-order valence-corrected chi connectivity index (χ0v) is 12.4. The number of allylic oxidation sites excluding steroid dienone is 2. The highest BCUT2D eigenvalue weighted by Crippen LogP contribution is 2.55. The van der Waals surface area contributed by atoms with Crippen LogP contribution in [0.2, 0.25) is 0 Å². The maximum Gasteiger partial charge on any atom is 0.181 e. The molecule has 1 heterocycles. The van der Waals surface area contributed by atoms with Crippen molar-refractivity contribution in [3.63, 3.8) is 0 Å². The Bertz CT molecular complexity index is 780. The lowest BCUT2D eigenvalue weighted by Gasteiger charge is -2.55. The molecule has 2 aliphatic carbocycles. The molecular weight excluding hydrogens is 300 g/mol. The van der Waals surface area contributed by atoms with E-state index in [1.165, 1.54) is 31.4 Å². The van der Waals surface area contributed by atoms with Gasteiger partial charge in [0.05, 0.1) is 0 Å². The maximum absolute atomic E-state index is 11.7. The van der Waals surface area contributed by atoms with E-state index in [0.29, 0.717) is 16.9 Å². The van der Waals surface area contributed by atoms with Crippen LogP contribution in [0.25, 0.3) is 0 Å². The maximum atomic E-state index is 11.7. The molecule has 1 fully saturated rings. The molecule has 3 aliphatic rings. The minimum Gasteiger partial charge on any atom is -0.504 e. The highest BCUT2D eigenvalue weighted by atomic mass is 16.5. The number of hydrogen-bond acceptors (Lipinski definition) is 6. The first-order chi connectivity index (χ1) is 10.9. The second-order valence-electron chi connectivity index (χ2n) is 6.30. The first-order valence-electron chi connectivity index (χ1n) is 7.29. The SMILES string of the molecule is CO[C@@H]1[C@@]2(O)COC3=CC(=O)C=C[C@]31c1cc(O)c(O)cc1C2. The van der Waals surface area contributed by atoms with Crippen molar-refractivity contribution in [1.29, 1.82) is 0 Å². The molecule has 3 N–H and O–H groups in total. The van der Waals surface area contributed by atoms with Crippen LogP contribution in [0.3, 0.4) is 0 Å². The average Bonchev–Trinajstić information content (AvgIpc) is 2.50. The van der Waals surface area contributed by atoms with Crippen LogP contribution in [-0.4, -0.2) is 46.5 Å². The van der Waals surface area contributed by atoms with E-state index in [9.17, 15) is 20.1 Å². The Morgan fingerprint density at radius 3 is 2.78 bits per heavy atom. The molecule has 0 saturated carbocycles. The number of carbonyl (C=O) groups excluding carboxylic acids is 1. The van der Waals surface area contributed by atoms with Crippen molar-refractivity contribution < 1.29 is 29.6 Å².